The molecule has 0 saturated carbocycles. The molecule has 0 spiro atoms. The van der Waals surface area contributed by atoms with E-state index in [0.717, 1.165) is 4.47 Å². The Labute approximate surface area is 207 Å². The van der Waals surface area contributed by atoms with Crippen molar-refractivity contribution in [3.63, 3.8) is 0 Å². The SMILES string of the molecule is CC1(C)OB(c2ccccc2OCC(F)CF)OC1(C)C.FCC(F)COc1ccccc1Br. The molecule has 0 aliphatic carbocycles. The number of para-hydroxylation sites is 2. The summed E-state index contributed by atoms with van der Waals surface area (Å²) in [6, 6.07) is 14.2. The molecule has 4 nitrogen and oxygen atoms in total. The van der Waals surface area contributed by atoms with Gasteiger partial charge in [-0.25, -0.2) is 17.6 Å². The van der Waals surface area contributed by atoms with E-state index in [1.54, 1.807) is 36.4 Å². The third kappa shape index (κ3) is 7.88. The van der Waals surface area contributed by atoms with Gasteiger partial charge in [-0.1, -0.05) is 30.3 Å². The van der Waals surface area contributed by atoms with E-state index < -0.39 is 44.0 Å². The van der Waals surface area contributed by atoms with Crippen molar-refractivity contribution in [2.45, 2.75) is 51.2 Å². The van der Waals surface area contributed by atoms with Gasteiger partial charge in [0.2, 0.25) is 0 Å². The van der Waals surface area contributed by atoms with Crippen LogP contribution < -0.4 is 14.9 Å². The highest BCUT2D eigenvalue weighted by molar-refractivity contribution is 9.10. The molecule has 1 fully saturated rings. The molecule has 0 amide bonds. The largest absolute Gasteiger partial charge is 0.498 e. The lowest BCUT2D eigenvalue weighted by atomic mass is 9.78. The van der Waals surface area contributed by atoms with Crippen LogP contribution in [0, 0.1) is 0 Å². The lowest BCUT2D eigenvalue weighted by molar-refractivity contribution is 0.00578. The second kappa shape index (κ2) is 12.8. The van der Waals surface area contributed by atoms with Crippen molar-refractivity contribution in [1.82, 2.24) is 0 Å². The molecule has 2 unspecified atom stereocenters. The topological polar surface area (TPSA) is 36.9 Å². The summed E-state index contributed by atoms with van der Waals surface area (Å²) in [5.41, 5.74) is -0.249. The Bertz CT molecular complexity index is 887. The zero-order valence-corrected chi connectivity index (χ0v) is 21.3. The monoisotopic (exact) mass is 548 g/mol. The molecule has 1 aliphatic rings. The van der Waals surface area contributed by atoms with Gasteiger partial charge >= 0.3 is 7.12 Å². The maximum atomic E-state index is 13.0. The zero-order chi connectivity index (χ0) is 25.4. The van der Waals surface area contributed by atoms with Gasteiger partial charge in [-0.2, -0.15) is 0 Å². The van der Waals surface area contributed by atoms with E-state index in [9.17, 15) is 17.6 Å². The van der Waals surface area contributed by atoms with Crippen molar-refractivity contribution < 1.29 is 36.3 Å². The number of benzene rings is 2. The molecule has 0 bridgehead atoms. The summed E-state index contributed by atoms with van der Waals surface area (Å²) in [4.78, 5) is 0. The van der Waals surface area contributed by atoms with E-state index in [1.807, 2.05) is 39.8 Å². The number of hydrogen-bond donors (Lipinski definition) is 0. The summed E-state index contributed by atoms with van der Waals surface area (Å²) < 4.78 is 72.4. The molecule has 2 atom stereocenters. The minimum Gasteiger partial charge on any atom is -0.491 e. The fraction of sp³-hybridized carbons (Fsp3) is 0.500. The van der Waals surface area contributed by atoms with E-state index >= 15 is 0 Å². The van der Waals surface area contributed by atoms with Crippen LogP contribution in [0.1, 0.15) is 27.7 Å². The smallest absolute Gasteiger partial charge is 0.491 e. The average molecular weight is 549 g/mol. The predicted octanol–water partition coefficient (Wildman–Crippen LogP) is 5.81. The molecule has 2 aromatic carbocycles. The summed E-state index contributed by atoms with van der Waals surface area (Å²) in [5.74, 6) is 0.978. The van der Waals surface area contributed by atoms with Crippen LogP contribution in [-0.4, -0.2) is 57.2 Å². The highest BCUT2D eigenvalue weighted by Gasteiger charge is 2.52. The van der Waals surface area contributed by atoms with E-state index in [-0.39, 0.29) is 13.2 Å². The van der Waals surface area contributed by atoms with Crippen LogP contribution in [0.2, 0.25) is 0 Å². The number of halogens is 5. The Hall–Kier alpha value is -1.78. The van der Waals surface area contributed by atoms with Gasteiger partial charge in [0.15, 0.2) is 12.3 Å². The molecule has 34 heavy (non-hydrogen) atoms. The van der Waals surface area contributed by atoms with Gasteiger partial charge in [0.1, 0.15) is 38.1 Å². The van der Waals surface area contributed by atoms with Gasteiger partial charge in [0, 0.05) is 5.46 Å². The van der Waals surface area contributed by atoms with Crippen LogP contribution in [0.4, 0.5) is 17.6 Å². The molecule has 0 N–H and O–H groups in total. The maximum absolute atomic E-state index is 13.0. The Morgan fingerprint density at radius 3 is 1.74 bits per heavy atom. The second-order valence-electron chi connectivity index (χ2n) is 8.68. The molecule has 188 valence electrons. The molecular formula is C24H30BBrF4O4. The highest BCUT2D eigenvalue weighted by atomic mass is 79.9. The summed E-state index contributed by atoms with van der Waals surface area (Å²) in [7, 11) is -0.588. The third-order valence-electron chi connectivity index (χ3n) is 5.44. The molecule has 1 aliphatic heterocycles. The summed E-state index contributed by atoms with van der Waals surface area (Å²) in [6.45, 7) is 5.18. The number of ether oxygens (including phenoxy) is 2. The van der Waals surface area contributed by atoms with E-state index in [4.69, 9.17) is 18.8 Å². The van der Waals surface area contributed by atoms with Crippen LogP contribution in [0.25, 0.3) is 0 Å². The number of hydrogen-bond acceptors (Lipinski definition) is 4. The number of alkyl halides is 4. The van der Waals surface area contributed by atoms with Gasteiger partial charge in [0.05, 0.1) is 15.7 Å². The summed E-state index contributed by atoms with van der Waals surface area (Å²) in [5, 5.41) is 0. The van der Waals surface area contributed by atoms with Crippen molar-refractivity contribution in [2.24, 2.45) is 0 Å². The predicted molar refractivity (Wildman–Crippen MR) is 129 cm³/mol. The van der Waals surface area contributed by atoms with Gasteiger partial charge in [-0.3, -0.25) is 0 Å². The first-order chi connectivity index (χ1) is 16.0. The summed E-state index contributed by atoms with van der Waals surface area (Å²) >= 11 is 3.23. The van der Waals surface area contributed by atoms with Gasteiger partial charge < -0.3 is 18.8 Å². The Balaban J connectivity index is 0.000000270. The first-order valence-corrected chi connectivity index (χ1v) is 11.6. The van der Waals surface area contributed by atoms with Gasteiger partial charge in [-0.05, 0) is 61.8 Å². The lowest BCUT2D eigenvalue weighted by Crippen LogP contribution is -2.41. The zero-order valence-electron chi connectivity index (χ0n) is 19.7. The van der Waals surface area contributed by atoms with Crippen LogP contribution >= 0.6 is 15.9 Å². The molecule has 2 aromatic rings. The molecule has 1 heterocycles. The van der Waals surface area contributed by atoms with Crippen molar-refractivity contribution in [3.05, 3.63) is 53.0 Å². The van der Waals surface area contributed by atoms with E-state index in [2.05, 4.69) is 15.9 Å². The quantitative estimate of drug-likeness (QED) is 0.293. The van der Waals surface area contributed by atoms with Crippen LogP contribution in [0.3, 0.4) is 0 Å². The average Bonchev–Trinajstić information content (AvgIpc) is 3.03. The van der Waals surface area contributed by atoms with E-state index in [0.29, 0.717) is 17.0 Å². The standard InChI is InChI=1S/C15H21BF2O3.C9H9BrF2O/c1-14(2)15(3,4)21-16(20-14)12-7-5-6-8-13(12)19-10-11(18)9-17;10-8-3-1-2-4-9(8)13-6-7(12)5-11/h5-8,11H,9-10H2,1-4H3;1-4,7H,5-6H2. The third-order valence-corrected chi connectivity index (χ3v) is 6.09. The highest BCUT2D eigenvalue weighted by Crippen LogP contribution is 2.37. The van der Waals surface area contributed by atoms with Gasteiger partial charge in [0.25, 0.3) is 0 Å². The Morgan fingerprint density at radius 2 is 1.24 bits per heavy atom. The molecule has 3 rings (SSSR count). The molecular weight excluding hydrogens is 519 g/mol. The first kappa shape index (κ1) is 28.5. The van der Waals surface area contributed by atoms with Crippen LogP contribution in [0.5, 0.6) is 11.5 Å². The van der Waals surface area contributed by atoms with Crippen LogP contribution in [0.15, 0.2) is 53.0 Å². The van der Waals surface area contributed by atoms with Crippen molar-refractivity contribution in [3.8, 4) is 11.5 Å². The van der Waals surface area contributed by atoms with Crippen LogP contribution in [-0.2, 0) is 9.31 Å². The fourth-order valence-corrected chi connectivity index (χ4v) is 3.19. The second-order valence-corrected chi connectivity index (χ2v) is 9.54. The van der Waals surface area contributed by atoms with E-state index in [1.165, 1.54) is 0 Å². The van der Waals surface area contributed by atoms with Crippen molar-refractivity contribution in [2.75, 3.05) is 26.6 Å². The van der Waals surface area contributed by atoms with Crippen molar-refractivity contribution >= 4 is 28.5 Å². The Kier molecular flexibility index (Phi) is 10.7. The maximum Gasteiger partial charge on any atom is 0.498 e. The molecule has 0 radical (unpaired) electrons. The minimum absolute atomic E-state index is 0.251. The summed E-state index contributed by atoms with van der Waals surface area (Å²) in [6.07, 6.45) is -3.18. The normalized spacial score (nSPS) is 18.0. The molecule has 10 heteroatoms. The number of rotatable bonds is 9. The molecule has 0 aromatic heterocycles. The molecule has 1 saturated heterocycles. The minimum atomic E-state index is -1.63. The first-order valence-electron chi connectivity index (χ1n) is 10.9. The van der Waals surface area contributed by atoms with Crippen molar-refractivity contribution in [1.29, 1.82) is 0 Å². The Morgan fingerprint density at radius 1 is 0.794 bits per heavy atom. The lowest BCUT2D eigenvalue weighted by Gasteiger charge is -2.32. The fourth-order valence-electron chi connectivity index (χ4n) is 2.79. The van der Waals surface area contributed by atoms with Gasteiger partial charge in [-0.15, -0.1) is 0 Å².